The summed E-state index contributed by atoms with van der Waals surface area (Å²) in [6, 6.07) is 4.88. The lowest BCUT2D eigenvalue weighted by molar-refractivity contribution is -0.138. The summed E-state index contributed by atoms with van der Waals surface area (Å²) in [4.78, 5) is 14.8. The Morgan fingerprint density at radius 1 is 1.43 bits per heavy atom. The molecule has 9 heteroatoms. The van der Waals surface area contributed by atoms with Crippen molar-refractivity contribution in [3.8, 4) is 5.75 Å². The molecule has 1 aromatic carbocycles. The first-order valence-electron chi connectivity index (χ1n) is 5.72. The van der Waals surface area contributed by atoms with Crippen LogP contribution in [0.1, 0.15) is 11.7 Å². The molecule has 112 valence electrons. The Hall–Kier alpha value is -2.26. The van der Waals surface area contributed by atoms with Gasteiger partial charge < -0.3 is 20.9 Å². The van der Waals surface area contributed by atoms with Gasteiger partial charge in [0.05, 0.1) is 11.4 Å². The van der Waals surface area contributed by atoms with Crippen LogP contribution in [0, 0.1) is 0 Å². The van der Waals surface area contributed by atoms with Gasteiger partial charge >= 0.3 is 12.6 Å². The fourth-order valence-electron chi connectivity index (χ4n) is 1.50. The molecule has 0 aliphatic rings. The number of halogens is 2. The molecule has 0 radical (unpaired) electrons. The van der Waals surface area contributed by atoms with Gasteiger partial charge in [-0.3, -0.25) is 4.79 Å². The van der Waals surface area contributed by atoms with Gasteiger partial charge in [-0.15, -0.1) is 11.3 Å². The van der Waals surface area contributed by atoms with E-state index in [-0.39, 0.29) is 11.4 Å². The van der Waals surface area contributed by atoms with E-state index in [0.29, 0.717) is 10.8 Å². The van der Waals surface area contributed by atoms with Crippen molar-refractivity contribution in [1.82, 2.24) is 4.98 Å². The molecule has 1 aromatic heterocycles. The number of anilines is 2. The molecule has 0 saturated carbocycles. The molecular weight excluding hydrogens is 304 g/mol. The summed E-state index contributed by atoms with van der Waals surface area (Å²) in [5.41, 5.74) is 5.91. The summed E-state index contributed by atoms with van der Waals surface area (Å²) in [7, 11) is 0. The number of alkyl halides is 2. The summed E-state index contributed by atoms with van der Waals surface area (Å²) >= 11 is 1.11. The number of benzene rings is 1. The van der Waals surface area contributed by atoms with Gasteiger partial charge in [-0.2, -0.15) is 8.78 Å². The number of ether oxygens (including phenoxy) is 1. The average Bonchev–Trinajstić information content (AvgIpc) is 2.88. The van der Waals surface area contributed by atoms with Crippen molar-refractivity contribution < 1.29 is 23.4 Å². The molecule has 4 N–H and O–H groups in total. The number of para-hydroxylation sites is 2. The molecule has 6 nitrogen and oxygen atoms in total. The van der Waals surface area contributed by atoms with Crippen LogP contribution >= 0.6 is 11.3 Å². The smallest absolute Gasteiger partial charge is 0.387 e. The first kappa shape index (κ1) is 15.1. The van der Waals surface area contributed by atoms with Crippen molar-refractivity contribution in [3.05, 3.63) is 35.3 Å². The standard InChI is InChI=1S/C12H11F2N3O3S/c13-11(14)20-8-4-2-1-3-6(8)16-12-17-7(5-21-12)9(15)10(18)19/h1-5,9,11H,15H2,(H,16,17)(H,18,19). The van der Waals surface area contributed by atoms with Gasteiger partial charge in [0, 0.05) is 5.38 Å². The Morgan fingerprint density at radius 2 is 2.14 bits per heavy atom. The van der Waals surface area contributed by atoms with E-state index in [1.807, 2.05) is 0 Å². The van der Waals surface area contributed by atoms with E-state index >= 15 is 0 Å². The van der Waals surface area contributed by atoms with Crippen LogP contribution in [-0.4, -0.2) is 22.7 Å². The van der Waals surface area contributed by atoms with Crippen molar-refractivity contribution >= 4 is 28.1 Å². The molecule has 2 aromatic rings. The number of aromatic nitrogens is 1. The third kappa shape index (κ3) is 3.86. The SMILES string of the molecule is NC(C(=O)O)c1csc(Nc2ccccc2OC(F)F)n1. The second kappa shape index (κ2) is 6.46. The van der Waals surface area contributed by atoms with E-state index in [2.05, 4.69) is 15.0 Å². The van der Waals surface area contributed by atoms with Crippen molar-refractivity contribution in [1.29, 1.82) is 0 Å². The van der Waals surface area contributed by atoms with Gasteiger partial charge in [-0.05, 0) is 12.1 Å². The largest absolute Gasteiger partial charge is 0.480 e. The van der Waals surface area contributed by atoms with E-state index in [1.54, 1.807) is 12.1 Å². The Bertz CT molecular complexity index is 636. The van der Waals surface area contributed by atoms with Crippen molar-refractivity contribution in [3.63, 3.8) is 0 Å². The zero-order chi connectivity index (χ0) is 15.4. The maximum Gasteiger partial charge on any atom is 0.387 e. The van der Waals surface area contributed by atoms with Crippen molar-refractivity contribution in [2.75, 3.05) is 5.32 Å². The van der Waals surface area contributed by atoms with Crippen LogP contribution < -0.4 is 15.8 Å². The number of carboxylic acid groups (broad SMARTS) is 1. The summed E-state index contributed by atoms with van der Waals surface area (Å²) in [6.45, 7) is -2.94. The minimum Gasteiger partial charge on any atom is -0.480 e. The molecule has 1 heterocycles. The first-order chi connectivity index (χ1) is 9.97. The maximum atomic E-state index is 12.3. The average molecular weight is 315 g/mol. The number of carbonyl (C=O) groups is 1. The molecule has 2 rings (SSSR count). The number of nitrogens with zero attached hydrogens (tertiary/aromatic N) is 1. The van der Waals surface area contributed by atoms with E-state index in [1.165, 1.54) is 17.5 Å². The molecule has 0 aliphatic carbocycles. The van der Waals surface area contributed by atoms with Crippen LogP contribution in [0.4, 0.5) is 19.6 Å². The van der Waals surface area contributed by atoms with Gasteiger partial charge in [-0.1, -0.05) is 12.1 Å². The molecule has 21 heavy (non-hydrogen) atoms. The Morgan fingerprint density at radius 3 is 2.81 bits per heavy atom. The summed E-state index contributed by atoms with van der Waals surface area (Å²) in [5.74, 6) is -1.24. The highest BCUT2D eigenvalue weighted by molar-refractivity contribution is 7.13. The number of hydrogen-bond donors (Lipinski definition) is 3. The van der Waals surface area contributed by atoms with Crippen molar-refractivity contribution in [2.24, 2.45) is 5.73 Å². The predicted molar refractivity (Wildman–Crippen MR) is 73.0 cm³/mol. The third-order valence-electron chi connectivity index (χ3n) is 2.45. The monoisotopic (exact) mass is 315 g/mol. The zero-order valence-electron chi connectivity index (χ0n) is 10.5. The number of nitrogens with two attached hydrogens (primary N) is 1. The highest BCUT2D eigenvalue weighted by Crippen LogP contribution is 2.30. The number of aliphatic carboxylic acids is 1. The fraction of sp³-hybridized carbons (Fsp3) is 0.167. The van der Waals surface area contributed by atoms with Crippen LogP contribution in [0.2, 0.25) is 0 Å². The Labute approximate surface area is 122 Å². The summed E-state index contributed by atoms with van der Waals surface area (Å²) < 4.78 is 29.0. The van der Waals surface area contributed by atoms with Crippen molar-refractivity contribution in [2.45, 2.75) is 12.7 Å². The number of rotatable bonds is 6. The molecule has 0 amide bonds. The van der Waals surface area contributed by atoms with Gasteiger partial charge in [-0.25, -0.2) is 4.98 Å². The van der Waals surface area contributed by atoms with Crippen LogP contribution in [0.25, 0.3) is 0 Å². The molecular formula is C12H11F2N3O3S. The van der Waals surface area contributed by atoms with Crippen LogP contribution in [0.3, 0.4) is 0 Å². The Balaban J connectivity index is 2.17. The maximum absolute atomic E-state index is 12.3. The Kier molecular flexibility index (Phi) is 4.66. The zero-order valence-corrected chi connectivity index (χ0v) is 11.3. The van der Waals surface area contributed by atoms with Crippen LogP contribution in [0.5, 0.6) is 5.75 Å². The number of nitrogens with one attached hydrogen (secondary N) is 1. The van der Waals surface area contributed by atoms with Crippen LogP contribution in [-0.2, 0) is 4.79 Å². The number of hydrogen-bond acceptors (Lipinski definition) is 6. The molecule has 1 atom stereocenters. The normalized spacial score (nSPS) is 12.2. The van der Waals surface area contributed by atoms with Crippen LogP contribution in [0.15, 0.2) is 29.6 Å². The molecule has 0 aliphatic heterocycles. The molecule has 0 fully saturated rings. The van der Waals surface area contributed by atoms with Gasteiger partial charge in [0.2, 0.25) is 0 Å². The van der Waals surface area contributed by atoms with E-state index < -0.39 is 18.6 Å². The first-order valence-corrected chi connectivity index (χ1v) is 6.60. The summed E-state index contributed by atoms with van der Waals surface area (Å²) in [6.07, 6.45) is 0. The highest BCUT2D eigenvalue weighted by atomic mass is 32.1. The fourth-order valence-corrected chi connectivity index (χ4v) is 2.26. The second-order valence-electron chi connectivity index (χ2n) is 3.89. The molecule has 0 bridgehead atoms. The third-order valence-corrected chi connectivity index (χ3v) is 3.23. The molecule has 0 saturated heterocycles. The van der Waals surface area contributed by atoms with E-state index in [0.717, 1.165) is 11.3 Å². The highest BCUT2D eigenvalue weighted by Gasteiger charge is 2.18. The van der Waals surface area contributed by atoms with Gasteiger partial charge in [0.1, 0.15) is 11.8 Å². The van der Waals surface area contributed by atoms with Gasteiger partial charge in [0.25, 0.3) is 0 Å². The number of carboxylic acids is 1. The lowest BCUT2D eigenvalue weighted by Crippen LogP contribution is -2.20. The van der Waals surface area contributed by atoms with Gasteiger partial charge in [0.15, 0.2) is 5.13 Å². The topological polar surface area (TPSA) is 97.5 Å². The predicted octanol–water partition coefficient (Wildman–Crippen LogP) is 2.57. The lowest BCUT2D eigenvalue weighted by atomic mass is 10.2. The molecule has 0 spiro atoms. The molecule has 1 unspecified atom stereocenters. The summed E-state index contributed by atoms with van der Waals surface area (Å²) in [5, 5.41) is 13.4. The lowest BCUT2D eigenvalue weighted by Gasteiger charge is -2.10. The minimum absolute atomic E-state index is 0.0354. The number of thiazole rings is 1. The minimum atomic E-state index is -2.94. The van der Waals surface area contributed by atoms with E-state index in [4.69, 9.17) is 10.8 Å². The quantitative estimate of drug-likeness (QED) is 0.758. The van der Waals surface area contributed by atoms with E-state index in [9.17, 15) is 13.6 Å². The second-order valence-corrected chi connectivity index (χ2v) is 4.75.